The van der Waals surface area contributed by atoms with Crippen molar-refractivity contribution in [3.05, 3.63) is 59.7 Å². The molecular weight excluding hydrogens is 604 g/mol. The molecule has 3 heterocycles. The van der Waals surface area contributed by atoms with Gasteiger partial charge >= 0.3 is 0 Å². The van der Waals surface area contributed by atoms with Gasteiger partial charge in [0.1, 0.15) is 24.4 Å². The number of hydrogen-bond donors (Lipinski definition) is 3. The van der Waals surface area contributed by atoms with Crippen LogP contribution in [0, 0.1) is 5.92 Å². The average Bonchev–Trinajstić information content (AvgIpc) is 3.05. The van der Waals surface area contributed by atoms with Crippen molar-refractivity contribution in [2.45, 2.75) is 51.0 Å². The van der Waals surface area contributed by atoms with E-state index in [-0.39, 0.29) is 44.4 Å². The van der Waals surface area contributed by atoms with Crippen LogP contribution in [0.1, 0.15) is 36.2 Å². The number of rotatable bonds is 5. The summed E-state index contributed by atoms with van der Waals surface area (Å²) in [4.78, 5) is 72.6. The van der Waals surface area contributed by atoms with Crippen LogP contribution in [-0.2, 0) is 30.3 Å². The second-order valence-electron chi connectivity index (χ2n) is 12.8. The Balaban J connectivity index is 1.44. The van der Waals surface area contributed by atoms with Gasteiger partial charge in [0.2, 0.25) is 17.7 Å². The molecule has 2 saturated heterocycles. The molecule has 3 aliphatic rings. The number of amides is 5. The van der Waals surface area contributed by atoms with Crippen LogP contribution in [0.5, 0.6) is 5.75 Å². The number of carbonyl (C=O) groups excluding carboxylic acids is 5. The van der Waals surface area contributed by atoms with Gasteiger partial charge in [0.05, 0.1) is 31.4 Å². The smallest absolute Gasteiger partial charge is 0.254 e. The minimum atomic E-state index is -1.12. The third kappa shape index (κ3) is 8.39. The molecule has 5 rings (SSSR count). The Morgan fingerprint density at radius 2 is 1.70 bits per heavy atom. The fraction of sp³-hybridized carbons (Fsp3) is 0.500. The van der Waals surface area contributed by atoms with Crippen LogP contribution in [0.25, 0.3) is 0 Å². The summed E-state index contributed by atoms with van der Waals surface area (Å²) < 4.78 is 12.0. The number of fused-ring (bicyclic) bond motifs is 3. The second-order valence-corrected chi connectivity index (χ2v) is 12.8. The van der Waals surface area contributed by atoms with Gasteiger partial charge in [-0.15, -0.1) is 0 Å². The number of morpholine rings is 1. The third-order valence-corrected chi connectivity index (χ3v) is 8.57. The lowest BCUT2D eigenvalue weighted by molar-refractivity contribution is -0.148. The van der Waals surface area contributed by atoms with Crippen molar-refractivity contribution < 1.29 is 33.4 Å². The van der Waals surface area contributed by atoms with E-state index in [9.17, 15) is 24.0 Å². The first-order valence-corrected chi connectivity index (χ1v) is 16.1. The Bertz CT molecular complexity index is 1480. The van der Waals surface area contributed by atoms with Crippen LogP contribution in [0.2, 0.25) is 0 Å². The highest BCUT2D eigenvalue weighted by molar-refractivity contribution is 5.97. The molecule has 2 bridgehead atoms. The van der Waals surface area contributed by atoms with Gasteiger partial charge in [-0.3, -0.25) is 24.0 Å². The fourth-order valence-corrected chi connectivity index (χ4v) is 6.09. The summed E-state index contributed by atoms with van der Waals surface area (Å²) >= 11 is 0. The van der Waals surface area contributed by atoms with Gasteiger partial charge in [-0.25, -0.2) is 0 Å². The second kappa shape index (κ2) is 14.8. The van der Waals surface area contributed by atoms with Crippen molar-refractivity contribution in [2.75, 3.05) is 58.3 Å². The van der Waals surface area contributed by atoms with Gasteiger partial charge in [0.25, 0.3) is 11.8 Å². The van der Waals surface area contributed by atoms with Crippen LogP contribution in [0.3, 0.4) is 0 Å². The predicted molar refractivity (Wildman–Crippen MR) is 174 cm³/mol. The number of nitrogens with zero attached hydrogens (tertiary/aromatic N) is 3. The summed E-state index contributed by atoms with van der Waals surface area (Å²) in [7, 11) is 3.44. The Hall–Kier alpha value is -4.65. The van der Waals surface area contributed by atoms with Gasteiger partial charge in [0, 0.05) is 39.2 Å². The quantitative estimate of drug-likeness (QED) is 0.426. The van der Waals surface area contributed by atoms with E-state index in [0.29, 0.717) is 24.3 Å². The van der Waals surface area contributed by atoms with Gasteiger partial charge < -0.3 is 40.1 Å². The molecule has 0 saturated carbocycles. The van der Waals surface area contributed by atoms with Crippen LogP contribution in [0.4, 0.5) is 5.69 Å². The van der Waals surface area contributed by atoms with E-state index in [0.717, 1.165) is 17.8 Å². The first kappa shape index (κ1) is 33.7. The molecule has 2 aromatic carbocycles. The Morgan fingerprint density at radius 3 is 2.45 bits per heavy atom. The summed E-state index contributed by atoms with van der Waals surface area (Å²) in [5, 5.41) is 8.46. The SMILES string of the molecule is CC(C)C[C@@H]1NC(=O)CN(C)C(=O)[C@@H](Cc2ccccc2)NC(=O)[C@H]2CN(C(=O)c3ccc4c(c3)OCCN4C)C[C@@H](CNC1=O)O2. The number of benzene rings is 2. The van der Waals surface area contributed by atoms with Crippen LogP contribution < -0.4 is 25.6 Å². The van der Waals surface area contributed by atoms with E-state index in [1.165, 1.54) is 16.8 Å². The van der Waals surface area contributed by atoms with Gasteiger partial charge in [-0.2, -0.15) is 0 Å². The maximum Gasteiger partial charge on any atom is 0.254 e. The fourth-order valence-electron chi connectivity index (χ4n) is 6.09. The highest BCUT2D eigenvalue weighted by atomic mass is 16.5. The summed E-state index contributed by atoms with van der Waals surface area (Å²) in [6.45, 7) is 4.87. The Labute approximate surface area is 274 Å². The molecule has 252 valence electrons. The molecule has 2 fully saturated rings. The molecule has 0 unspecified atom stereocenters. The van der Waals surface area contributed by atoms with Crippen molar-refractivity contribution in [2.24, 2.45) is 5.92 Å². The molecule has 0 spiro atoms. The lowest BCUT2D eigenvalue weighted by atomic mass is 10.0. The summed E-state index contributed by atoms with van der Waals surface area (Å²) in [5.74, 6) is -1.58. The van der Waals surface area contributed by atoms with E-state index in [1.807, 2.05) is 57.3 Å². The van der Waals surface area contributed by atoms with Gasteiger partial charge in [0.15, 0.2) is 6.10 Å². The maximum absolute atomic E-state index is 13.9. The normalized spacial score (nSPS) is 24.3. The number of likely N-dealkylation sites (N-methyl/N-ethyl adjacent to an activating group) is 2. The molecule has 13 nitrogen and oxygen atoms in total. The van der Waals surface area contributed by atoms with Gasteiger partial charge in [-0.05, 0) is 36.1 Å². The highest BCUT2D eigenvalue weighted by Gasteiger charge is 2.38. The van der Waals surface area contributed by atoms with Gasteiger partial charge in [-0.1, -0.05) is 44.2 Å². The zero-order valence-corrected chi connectivity index (χ0v) is 27.4. The lowest BCUT2D eigenvalue weighted by Crippen LogP contribution is -2.59. The van der Waals surface area contributed by atoms with Crippen LogP contribution in [0.15, 0.2) is 48.5 Å². The monoisotopic (exact) mass is 648 g/mol. The van der Waals surface area contributed by atoms with Crippen LogP contribution >= 0.6 is 0 Å². The molecule has 0 radical (unpaired) electrons. The Morgan fingerprint density at radius 1 is 0.936 bits per heavy atom. The predicted octanol–water partition coefficient (Wildman–Crippen LogP) is 0.571. The molecule has 13 heteroatoms. The molecule has 47 heavy (non-hydrogen) atoms. The number of carbonyl (C=O) groups is 5. The van der Waals surface area contributed by atoms with Crippen molar-refractivity contribution in [3.63, 3.8) is 0 Å². The van der Waals surface area contributed by atoms with Crippen LogP contribution in [-0.4, -0.2) is 117 Å². The number of nitrogens with one attached hydrogen (secondary N) is 3. The topological polar surface area (TPSA) is 150 Å². The number of ether oxygens (including phenoxy) is 2. The molecule has 0 aromatic heterocycles. The van der Waals surface area contributed by atoms with Crippen molar-refractivity contribution in [3.8, 4) is 5.75 Å². The van der Waals surface area contributed by atoms with E-state index < -0.39 is 47.9 Å². The minimum absolute atomic E-state index is 0.00122. The summed E-state index contributed by atoms with van der Waals surface area (Å²) in [6.07, 6.45) is -1.31. The minimum Gasteiger partial charge on any atom is -0.490 e. The zero-order valence-electron chi connectivity index (χ0n) is 27.4. The lowest BCUT2D eigenvalue weighted by Gasteiger charge is -2.38. The molecule has 0 aliphatic carbocycles. The van der Waals surface area contributed by atoms with E-state index in [2.05, 4.69) is 20.9 Å². The Kier molecular flexibility index (Phi) is 10.6. The first-order valence-electron chi connectivity index (χ1n) is 16.1. The molecule has 2 aromatic rings. The molecule has 3 N–H and O–H groups in total. The number of anilines is 1. The maximum atomic E-state index is 13.9. The average molecular weight is 649 g/mol. The molecule has 5 amide bonds. The summed E-state index contributed by atoms with van der Waals surface area (Å²) in [5.41, 5.74) is 2.09. The van der Waals surface area contributed by atoms with E-state index in [1.54, 1.807) is 12.1 Å². The van der Waals surface area contributed by atoms with Crippen molar-refractivity contribution in [1.82, 2.24) is 25.8 Å². The molecule has 4 atom stereocenters. The standard InChI is InChI=1S/C34H44N6O7/c1-21(2)14-25-31(42)35-17-24-18-40(33(44)23-10-11-27-28(16-23)46-13-12-38(27)3)19-29(47-24)32(43)37-26(15-22-8-6-5-7-9-22)34(45)39(4)20-30(41)36-25/h5-11,16,21,24-26,29H,12-15,17-20H2,1-4H3,(H,35,42)(H,36,41)(H,37,43)/t24-,25+,26-,29-/m1/s1. The van der Waals surface area contributed by atoms with Crippen molar-refractivity contribution >= 4 is 35.2 Å². The van der Waals surface area contributed by atoms with E-state index in [4.69, 9.17) is 9.47 Å². The largest absolute Gasteiger partial charge is 0.490 e. The number of hydrogen-bond acceptors (Lipinski definition) is 8. The highest BCUT2D eigenvalue weighted by Crippen LogP contribution is 2.32. The zero-order chi connectivity index (χ0) is 33.7. The summed E-state index contributed by atoms with van der Waals surface area (Å²) in [6, 6.07) is 12.6. The van der Waals surface area contributed by atoms with E-state index >= 15 is 0 Å². The van der Waals surface area contributed by atoms with Crippen molar-refractivity contribution in [1.29, 1.82) is 0 Å². The molecular formula is C34H44N6O7. The first-order chi connectivity index (χ1) is 22.5. The third-order valence-electron chi connectivity index (χ3n) is 8.57. The molecule has 3 aliphatic heterocycles.